The molecular formula is C15H29NO. The van der Waals surface area contributed by atoms with Gasteiger partial charge >= 0.3 is 0 Å². The van der Waals surface area contributed by atoms with Crippen LogP contribution in [-0.4, -0.2) is 25.3 Å². The molecule has 1 saturated heterocycles. The van der Waals surface area contributed by atoms with Gasteiger partial charge in [0.2, 0.25) is 0 Å². The molecular weight excluding hydrogens is 210 g/mol. The highest BCUT2D eigenvalue weighted by atomic mass is 16.5. The molecule has 2 rings (SSSR count). The van der Waals surface area contributed by atoms with E-state index in [4.69, 9.17) is 4.74 Å². The first-order valence-electron chi connectivity index (χ1n) is 7.65. The molecule has 0 radical (unpaired) electrons. The van der Waals surface area contributed by atoms with E-state index in [0.717, 1.165) is 18.4 Å². The van der Waals surface area contributed by atoms with E-state index in [1.165, 1.54) is 51.5 Å². The zero-order chi connectivity index (χ0) is 12.1. The van der Waals surface area contributed by atoms with Crippen LogP contribution >= 0.6 is 0 Å². The third kappa shape index (κ3) is 3.96. The summed E-state index contributed by atoms with van der Waals surface area (Å²) in [5.74, 6) is 1.82. The van der Waals surface area contributed by atoms with Gasteiger partial charge in [-0.2, -0.15) is 0 Å². The minimum absolute atomic E-state index is 0.503. The fraction of sp³-hybridized carbons (Fsp3) is 1.00. The Balaban J connectivity index is 1.81. The molecule has 0 amide bonds. The number of rotatable bonds is 6. The average molecular weight is 239 g/mol. The van der Waals surface area contributed by atoms with Crippen molar-refractivity contribution >= 4 is 0 Å². The van der Waals surface area contributed by atoms with Crippen molar-refractivity contribution in [2.45, 2.75) is 71.0 Å². The minimum Gasteiger partial charge on any atom is -0.375 e. The molecule has 3 unspecified atom stereocenters. The first-order chi connectivity index (χ1) is 8.29. The van der Waals surface area contributed by atoms with Gasteiger partial charge in [-0.3, -0.25) is 0 Å². The first-order valence-corrected chi connectivity index (χ1v) is 7.65. The van der Waals surface area contributed by atoms with Crippen LogP contribution in [0, 0.1) is 11.8 Å². The van der Waals surface area contributed by atoms with Crippen LogP contribution in [0.3, 0.4) is 0 Å². The first kappa shape index (κ1) is 13.4. The fourth-order valence-corrected chi connectivity index (χ4v) is 3.60. The predicted molar refractivity (Wildman–Crippen MR) is 72.2 cm³/mol. The Hall–Kier alpha value is -0.0800. The lowest BCUT2D eigenvalue weighted by atomic mass is 9.85. The molecule has 2 aliphatic rings. The summed E-state index contributed by atoms with van der Waals surface area (Å²) in [4.78, 5) is 0. The molecule has 2 fully saturated rings. The molecule has 1 aliphatic heterocycles. The van der Waals surface area contributed by atoms with E-state index >= 15 is 0 Å². The van der Waals surface area contributed by atoms with E-state index < -0.39 is 0 Å². The van der Waals surface area contributed by atoms with Crippen LogP contribution in [0.4, 0.5) is 0 Å². The van der Waals surface area contributed by atoms with Crippen molar-refractivity contribution in [2.24, 2.45) is 11.8 Å². The van der Waals surface area contributed by atoms with Crippen molar-refractivity contribution in [3.8, 4) is 0 Å². The van der Waals surface area contributed by atoms with E-state index in [1.807, 2.05) is 0 Å². The fourth-order valence-electron chi connectivity index (χ4n) is 3.60. The van der Waals surface area contributed by atoms with Crippen LogP contribution in [0.1, 0.15) is 58.8 Å². The smallest absolute Gasteiger partial charge is 0.0583 e. The Morgan fingerprint density at radius 1 is 1.18 bits per heavy atom. The van der Waals surface area contributed by atoms with Crippen molar-refractivity contribution in [1.82, 2.24) is 5.32 Å². The van der Waals surface area contributed by atoms with Crippen LogP contribution in [0.2, 0.25) is 0 Å². The third-order valence-corrected chi connectivity index (χ3v) is 4.61. The zero-order valence-corrected chi connectivity index (χ0v) is 11.6. The summed E-state index contributed by atoms with van der Waals surface area (Å²) in [6.07, 6.45) is 10.7. The Labute approximate surface area is 107 Å². The SMILES string of the molecule is CCNCC(CC1CCC(C)O1)C1CCCC1. The van der Waals surface area contributed by atoms with Crippen molar-refractivity contribution in [3.05, 3.63) is 0 Å². The Morgan fingerprint density at radius 2 is 1.94 bits per heavy atom. The molecule has 2 heteroatoms. The Kier molecular flexibility index (Phi) is 5.30. The highest BCUT2D eigenvalue weighted by Gasteiger charge is 2.30. The number of ether oxygens (including phenoxy) is 1. The van der Waals surface area contributed by atoms with Gasteiger partial charge in [0.05, 0.1) is 12.2 Å². The summed E-state index contributed by atoms with van der Waals surface area (Å²) in [5.41, 5.74) is 0. The van der Waals surface area contributed by atoms with E-state index in [1.54, 1.807) is 0 Å². The molecule has 0 bridgehead atoms. The summed E-state index contributed by atoms with van der Waals surface area (Å²) in [5, 5.41) is 3.55. The van der Waals surface area contributed by atoms with Crippen molar-refractivity contribution < 1.29 is 4.74 Å². The molecule has 0 aromatic rings. The van der Waals surface area contributed by atoms with Gasteiger partial charge in [0, 0.05) is 0 Å². The van der Waals surface area contributed by atoms with Gasteiger partial charge in [-0.15, -0.1) is 0 Å². The second-order valence-electron chi connectivity index (χ2n) is 5.99. The van der Waals surface area contributed by atoms with Gasteiger partial charge in [0.1, 0.15) is 0 Å². The number of hydrogen-bond acceptors (Lipinski definition) is 2. The van der Waals surface area contributed by atoms with Crippen LogP contribution in [-0.2, 0) is 4.74 Å². The lowest BCUT2D eigenvalue weighted by Crippen LogP contribution is -2.30. The largest absolute Gasteiger partial charge is 0.375 e. The molecule has 100 valence electrons. The minimum atomic E-state index is 0.503. The van der Waals surface area contributed by atoms with Gasteiger partial charge in [0.15, 0.2) is 0 Å². The predicted octanol–water partition coefficient (Wildman–Crippen LogP) is 3.36. The van der Waals surface area contributed by atoms with Crippen LogP contribution in [0.25, 0.3) is 0 Å². The van der Waals surface area contributed by atoms with E-state index in [9.17, 15) is 0 Å². The highest BCUT2D eigenvalue weighted by Crippen LogP contribution is 2.35. The third-order valence-electron chi connectivity index (χ3n) is 4.61. The molecule has 17 heavy (non-hydrogen) atoms. The average Bonchev–Trinajstić information content (AvgIpc) is 2.95. The monoisotopic (exact) mass is 239 g/mol. The van der Waals surface area contributed by atoms with Gasteiger partial charge in [-0.25, -0.2) is 0 Å². The molecule has 1 heterocycles. The van der Waals surface area contributed by atoms with Gasteiger partial charge in [-0.05, 0) is 51.1 Å². The molecule has 2 nitrogen and oxygen atoms in total. The summed E-state index contributed by atoms with van der Waals surface area (Å²) in [6, 6.07) is 0. The van der Waals surface area contributed by atoms with Crippen LogP contribution < -0.4 is 5.32 Å². The summed E-state index contributed by atoms with van der Waals surface area (Å²) in [7, 11) is 0. The molecule has 3 atom stereocenters. The van der Waals surface area contributed by atoms with E-state index in [2.05, 4.69) is 19.2 Å². The molecule has 1 aliphatic carbocycles. The van der Waals surface area contributed by atoms with Crippen LogP contribution in [0.5, 0.6) is 0 Å². The Bertz CT molecular complexity index is 213. The molecule has 0 spiro atoms. The maximum Gasteiger partial charge on any atom is 0.0583 e. The Morgan fingerprint density at radius 3 is 2.53 bits per heavy atom. The van der Waals surface area contributed by atoms with Crippen molar-refractivity contribution in [2.75, 3.05) is 13.1 Å². The highest BCUT2D eigenvalue weighted by molar-refractivity contribution is 4.81. The van der Waals surface area contributed by atoms with Crippen molar-refractivity contribution in [1.29, 1.82) is 0 Å². The number of nitrogens with one attached hydrogen (secondary N) is 1. The molecule has 0 aromatic heterocycles. The van der Waals surface area contributed by atoms with Gasteiger partial charge < -0.3 is 10.1 Å². The van der Waals surface area contributed by atoms with E-state index in [0.29, 0.717) is 12.2 Å². The van der Waals surface area contributed by atoms with Gasteiger partial charge in [0.25, 0.3) is 0 Å². The topological polar surface area (TPSA) is 21.3 Å². The summed E-state index contributed by atoms with van der Waals surface area (Å²) in [6.45, 7) is 6.73. The maximum atomic E-state index is 6.00. The lowest BCUT2D eigenvalue weighted by molar-refractivity contribution is 0.0345. The lowest BCUT2D eigenvalue weighted by Gasteiger charge is -2.26. The van der Waals surface area contributed by atoms with Gasteiger partial charge in [-0.1, -0.05) is 32.6 Å². The normalized spacial score (nSPS) is 32.1. The molecule has 1 saturated carbocycles. The van der Waals surface area contributed by atoms with Crippen molar-refractivity contribution in [3.63, 3.8) is 0 Å². The second-order valence-corrected chi connectivity index (χ2v) is 5.99. The second kappa shape index (κ2) is 6.75. The molecule has 0 aromatic carbocycles. The molecule has 1 N–H and O–H groups in total. The quantitative estimate of drug-likeness (QED) is 0.767. The van der Waals surface area contributed by atoms with Crippen LogP contribution in [0.15, 0.2) is 0 Å². The maximum absolute atomic E-state index is 6.00. The summed E-state index contributed by atoms with van der Waals surface area (Å²) < 4.78 is 6.00. The van der Waals surface area contributed by atoms with E-state index in [-0.39, 0.29) is 0 Å². The standard InChI is InChI=1S/C15H29NO/c1-3-16-11-14(13-6-4-5-7-13)10-15-9-8-12(2)17-15/h12-16H,3-11H2,1-2H3. The summed E-state index contributed by atoms with van der Waals surface area (Å²) >= 11 is 0. The zero-order valence-electron chi connectivity index (χ0n) is 11.6. The number of hydrogen-bond donors (Lipinski definition) is 1.